The highest BCUT2D eigenvalue weighted by Gasteiger charge is 2.20. The molecule has 0 radical (unpaired) electrons. The number of rotatable bonds is 3. The monoisotopic (exact) mass is 325 g/mol. The third-order valence-corrected chi connectivity index (χ3v) is 3.91. The predicted octanol–water partition coefficient (Wildman–Crippen LogP) is 4.33. The quantitative estimate of drug-likeness (QED) is 0.910. The van der Waals surface area contributed by atoms with E-state index in [-0.39, 0.29) is 5.92 Å². The molecule has 0 aliphatic rings. The van der Waals surface area contributed by atoms with Crippen LogP contribution in [0.15, 0.2) is 47.2 Å². The van der Waals surface area contributed by atoms with Crippen LogP contribution in [0, 0.1) is 0 Å². The van der Waals surface area contributed by atoms with Gasteiger partial charge in [0.15, 0.2) is 0 Å². The Balaban J connectivity index is 2.28. The zero-order valence-electron chi connectivity index (χ0n) is 9.85. The summed E-state index contributed by atoms with van der Waals surface area (Å²) in [4.78, 5) is 3.98. The Hall–Kier alpha value is -0.900. The van der Waals surface area contributed by atoms with Crippen molar-refractivity contribution in [1.82, 2.24) is 4.98 Å². The minimum atomic E-state index is -0.584. The number of halogens is 2. The van der Waals surface area contributed by atoms with Gasteiger partial charge in [-0.15, -0.1) is 0 Å². The first kappa shape index (κ1) is 13.5. The van der Waals surface area contributed by atoms with Gasteiger partial charge in [0.2, 0.25) is 0 Å². The van der Waals surface area contributed by atoms with Crippen LogP contribution in [-0.4, -0.2) is 10.1 Å². The smallest absolute Gasteiger partial charge is 0.0866 e. The average molecular weight is 327 g/mol. The second-order valence-corrected chi connectivity index (χ2v) is 5.47. The Kier molecular flexibility index (Phi) is 4.38. The van der Waals surface area contributed by atoms with E-state index in [1.54, 1.807) is 24.5 Å². The van der Waals surface area contributed by atoms with E-state index in [4.69, 9.17) is 11.6 Å². The van der Waals surface area contributed by atoms with Crippen LogP contribution in [0.1, 0.15) is 30.1 Å². The fourth-order valence-electron chi connectivity index (χ4n) is 1.86. The topological polar surface area (TPSA) is 33.1 Å². The van der Waals surface area contributed by atoms with E-state index in [2.05, 4.69) is 20.9 Å². The van der Waals surface area contributed by atoms with E-state index in [0.29, 0.717) is 5.02 Å². The van der Waals surface area contributed by atoms with Gasteiger partial charge in [-0.25, -0.2) is 0 Å². The van der Waals surface area contributed by atoms with Crippen molar-refractivity contribution in [2.24, 2.45) is 0 Å². The second kappa shape index (κ2) is 5.83. The number of aliphatic hydroxyl groups excluding tert-OH is 1. The lowest BCUT2D eigenvalue weighted by atomic mass is 9.91. The summed E-state index contributed by atoms with van der Waals surface area (Å²) in [6.07, 6.45) is 2.88. The molecule has 1 N–H and O–H groups in total. The molecule has 2 nitrogen and oxygen atoms in total. The Morgan fingerprint density at radius 3 is 2.50 bits per heavy atom. The molecule has 0 fully saturated rings. The lowest BCUT2D eigenvalue weighted by molar-refractivity contribution is 0.151. The minimum absolute atomic E-state index is 0.00882. The van der Waals surface area contributed by atoms with Crippen molar-refractivity contribution < 1.29 is 5.11 Å². The molecule has 0 saturated heterocycles. The van der Waals surface area contributed by atoms with E-state index in [1.165, 1.54) is 0 Å². The summed E-state index contributed by atoms with van der Waals surface area (Å²) >= 11 is 9.33. The van der Waals surface area contributed by atoms with Gasteiger partial charge in [-0.05, 0) is 35.4 Å². The molecule has 2 aromatic rings. The van der Waals surface area contributed by atoms with Gasteiger partial charge in [0.1, 0.15) is 0 Å². The summed E-state index contributed by atoms with van der Waals surface area (Å²) in [5.74, 6) is -0.00882. The van der Waals surface area contributed by atoms with Gasteiger partial charge >= 0.3 is 0 Å². The lowest BCUT2D eigenvalue weighted by Gasteiger charge is -2.20. The van der Waals surface area contributed by atoms with Crippen LogP contribution in [0.2, 0.25) is 5.02 Å². The number of aliphatic hydroxyl groups is 1. The van der Waals surface area contributed by atoms with E-state index >= 15 is 0 Å². The minimum Gasteiger partial charge on any atom is -0.388 e. The molecule has 0 bridgehead atoms. The summed E-state index contributed by atoms with van der Waals surface area (Å²) in [6.45, 7) is 1.99. The molecule has 0 aliphatic heterocycles. The van der Waals surface area contributed by atoms with Gasteiger partial charge in [-0.1, -0.05) is 40.5 Å². The molecule has 0 spiro atoms. The molecule has 0 aliphatic carbocycles. The molecule has 0 amide bonds. The van der Waals surface area contributed by atoms with E-state index in [9.17, 15) is 5.11 Å². The Morgan fingerprint density at radius 1 is 1.22 bits per heavy atom. The summed E-state index contributed by atoms with van der Waals surface area (Å²) in [7, 11) is 0. The Morgan fingerprint density at radius 2 is 1.89 bits per heavy atom. The molecule has 94 valence electrons. The van der Waals surface area contributed by atoms with E-state index in [0.717, 1.165) is 15.6 Å². The van der Waals surface area contributed by atoms with Crippen LogP contribution >= 0.6 is 27.5 Å². The van der Waals surface area contributed by atoms with Gasteiger partial charge < -0.3 is 5.11 Å². The van der Waals surface area contributed by atoms with Crippen LogP contribution in [0.4, 0.5) is 0 Å². The van der Waals surface area contributed by atoms with E-state index in [1.807, 2.05) is 25.1 Å². The highest BCUT2D eigenvalue weighted by Crippen LogP contribution is 2.35. The molecular weight excluding hydrogens is 314 g/mol. The van der Waals surface area contributed by atoms with Crippen LogP contribution < -0.4 is 0 Å². The van der Waals surface area contributed by atoms with E-state index < -0.39 is 6.10 Å². The molecule has 2 rings (SSSR count). The third kappa shape index (κ3) is 2.91. The number of hydrogen-bond acceptors (Lipinski definition) is 2. The second-order valence-electron chi connectivity index (χ2n) is 4.18. The van der Waals surface area contributed by atoms with Crippen molar-refractivity contribution in [2.75, 3.05) is 0 Å². The van der Waals surface area contributed by atoms with Crippen LogP contribution in [0.5, 0.6) is 0 Å². The van der Waals surface area contributed by atoms with Gasteiger partial charge in [-0.3, -0.25) is 4.98 Å². The first-order valence-electron chi connectivity index (χ1n) is 5.62. The highest BCUT2D eigenvalue weighted by atomic mass is 79.9. The molecule has 4 heteroatoms. The molecule has 2 atom stereocenters. The highest BCUT2D eigenvalue weighted by molar-refractivity contribution is 9.10. The fraction of sp³-hybridized carbons (Fsp3) is 0.214. The maximum Gasteiger partial charge on any atom is 0.0866 e. The number of hydrogen-bond donors (Lipinski definition) is 1. The molecule has 18 heavy (non-hydrogen) atoms. The molecule has 1 heterocycles. The molecule has 1 aromatic carbocycles. The predicted molar refractivity (Wildman–Crippen MR) is 76.8 cm³/mol. The SMILES string of the molecule is CC(c1ccncc1)C(O)c1ccc(Cl)cc1Br. The molecule has 0 saturated carbocycles. The van der Waals surface area contributed by atoms with Crippen molar-refractivity contribution >= 4 is 27.5 Å². The molecular formula is C14H13BrClNO. The number of aromatic nitrogens is 1. The summed E-state index contributed by atoms with van der Waals surface area (Å²) in [5.41, 5.74) is 1.89. The zero-order chi connectivity index (χ0) is 13.1. The van der Waals surface area contributed by atoms with Crippen LogP contribution in [-0.2, 0) is 0 Å². The third-order valence-electron chi connectivity index (χ3n) is 2.99. The Bertz CT molecular complexity index is 533. The first-order chi connectivity index (χ1) is 8.59. The summed E-state index contributed by atoms with van der Waals surface area (Å²) in [5, 5.41) is 11.1. The standard InChI is InChI=1S/C14H13BrClNO/c1-9(10-4-6-17-7-5-10)14(18)12-3-2-11(16)8-13(12)15/h2-9,14,18H,1H3. The number of nitrogens with zero attached hydrogens (tertiary/aromatic N) is 1. The largest absolute Gasteiger partial charge is 0.388 e. The normalized spacial score (nSPS) is 14.2. The summed E-state index contributed by atoms with van der Waals surface area (Å²) < 4.78 is 0.823. The lowest BCUT2D eigenvalue weighted by Crippen LogP contribution is -2.08. The van der Waals surface area contributed by atoms with Gasteiger partial charge in [0.05, 0.1) is 6.10 Å². The zero-order valence-corrected chi connectivity index (χ0v) is 12.2. The number of pyridine rings is 1. The first-order valence-corrected chi connectivity index (χ1v) is 6.79. The number of benzene rings is 1. The molecule has 2 unspecified atom stereocenters. The van der Waals surface area contributed by atoms with Crippen molar-refractivity contribution in [3.8, 4) is 0 Å². The van der Waals surface area contributed by atoms with Crippen molar-refractivity contribution in [2.45, 2.75) is 18.9 Å². The van der Waals surface area contributed by atoms with Gasteiger partial charge in [0, 0.05) is 27.8 Å². The fourth-order valence-corrected chi connectivity index (χ4v) is 2.78. The van der Waals surface area contributed by atoms with Crippen LogP contribution in [0.3, 0.4) is 0 Å². The van der Waals surface area contributed by atoms with Crippen molar-refractivity contribution in [3.63, 3.8) is 0 Å². The Labute approximate surface area is 120 Å². The van der Waals surface area contributed by atoms with Gasteiger partial charge in [-0.2, -0.15) is 0 Å². The van der Waals surface area contributed by atoms with Crippen molar-refractivity contribution in [1.29, 1.82) is 0 Å². The molecule has 1 aromatic heterocycles. The van der Waals surface area contributed by atoms with Crippen molar-refractivity contribution in [3.05, 3.63) is 63.3 Å². The average Bonchev–Trinajstić information content (AvgIpc) is 2.38. The summed E-state index contributed by atoms with van der Waals surface area (Å²) in [6, 6.07) is 9.24. The van der Waals surface area contributed by atoms with Crippen LogP contribution in [0.25, 0.3) is 0 Å². The van der Waals surface area contributed by atoms with Gasteiger partial charge in [0.25, 0.3) is 0 Å². The maximum atomic E-state index is 10.4. The maximum absolute atomic E-state index is 10.4.